The Morgan fingerprint density at radius 2 is 2.03 bits per heavy atom. The molecule has 0 unspecified atom stereocenters. The molecule has 0 spiro atoms. The fourth-order valence-corrected chi connectivity index (χ4v) is 3.99. The number of nitrogens with zero attached hydrogens (tertiary/aromatic N) is 3. The number of fused-ring (bicyclic) bond motifs is 1. The number of thiazole rings is 1. The van der Waals surface area contributed by atoms with Gasteiger partial charge < -0.3 is 4.74 Å². The van der Waals surface area contributed by atoms with E-state index in [1.165, 1.54) is 22.9 Å². The average Bonchev–Trinajstić information content (AvgIpc) is 3.23. The number of pyridine rings is 2. The first kappa shape index (κ1) is 22.3. The van der Waals surface area contributed by atoms with Gasteiger partial charge in [0.25, 0.3) is 11.5 Å². The van der Waals surface area contributed by atoms with Gasteiger partial charge in [-0.1, -0.05) is 18.2 Å². The third-order valence-corrected chi connectivity index (χ3v) is 5.59. The van der Waals surface area contributed by atoms with Crippen LogP contribution in [0.4, 0.5) is 9.52 Å². The standard InChI is InChI=1S/C23H19FN4O4S/c1-2-32-19(29)11-16-13-33-23(26-16)27-21(30)17-10-14-7-5-9-25-20(14)28(22(17)31)12-15-6-3-4-8-18(15)24/h3-10,13H,2,11-12H2,1H3,(H,26,27,30). The van der Waals surface area contributed by atoms with Gasteiger partial charge in [-0.3, -0.25) is 24.3 Å². The van der Waals surface area contributed by atoms with Gasteiger partial charge in [-0.2, -0.15) is 0 Å². The molecule has 8 nitrogen and oxygen atoms in total. The molecule has 0 saturated heterocycles. The maximum atomic E-state index is 14.2. The Labute approximate surface area is 191 Å². The number of amides is 1. The number of halogens is 1. The highest BCUT2D eigenvalue weighted by Gasteiger charge is 2.19. The highest BCUT2D eigenvalue weighted by molar-refractivity contribution is 7.14. The van der Waals surface area contributed by atoms with Gasteiger partial charge in [-0.25, -0.2) is 14.4 Å². The van der Waals surface area contributed by atoms with Crippen LogP contribution in [0.3, 0.4) is 0 Å². The van der Waals surface area contributed by atoms with Crippen molar-refractivity contribution in [1.29, 1.82) is 0 Å². The molecule has 4 rings (SSSR count). The zero-order valence-corrected chi connectivity index (χ0v) is 18.4. The molecule has 10 heteroatoms. The number of hydrogen-bond donors (Lipinski definition) is 1. The third-order valence-electron chi connectivity index (χ3n) is 4.78. The smallest absolute Gasteiger partial charge is 0.311 e. The third kappa shape index (κ3) is 4.96. The van der Waals surface area contributed by atoms with E-state index >= 15 is 0 Å². The summed E-state index contributed by atoms with van der Waals surface area (Å²) in [6.45, 7) is 1.90. The van der Waals surface area contributed by atoms with Crippen molar-refractivity contribution in [3.63, 3.8) is 0 Å². The second kappa shape index (κ2) is 9.70. The van der Waals surface area contributed by atoms with Crippen molar-refractivity contribution in [3.05, 3.63) is 87.0 Å². The van der Waals surface area contributed by atoms with E-state index in [-0.39, 0.29) is 30.3 Å². The zero-order valence-electron chi connectivity index (χ0n) is 17.6. The summed E-state index contributed by atoms with van der Waals surface area (Å²) in [6.07, 6.45) is 1.51. The predicted molar refractivity (Wildman–Crippen MR) is 122 cm³/mol. The van der Waals surface area contributed by atoms with Crippen LogP contribution in [0.5, 0.6) is 0 Å². The average molecular weight is 466 g/mol. The van der Waals surface area contributed by atoms with Crippen molar-refractivity contribution in [3.8, 4) is 0 Å². The number of rotatable bonds is 7. The van der Waals surface area contributed by atoms with E-state index in [1.807, 2.05) is 0 Å². The first-order valence-electron chi connectivity index (χ1n) is 10.1. The molecule has 168 valence electrons. The quantitative estimate of drug-likeness (QED) is 0.419. The SMILES string of the molecule is CCOC(=O)Cc1csc(NC(=O)c2cc3cccnc3n(Cc3ccccc3F)c2=O)n1. The predicted octanol–water partition coefficient (Wildman–Crippen LogP) is 3.40. The minimum absolute atomic E-state index is 0.0166. The Bertz CT molecular complexity index is 1400. The molecule has 0 aliphatic heterocycles. The Balaban J connectivity index is 1.65. The first-order chi connectivity index (χ1) is 16.0. The van der Waals surface area contributed by atoms with Crippen molar-refractivity contribution in [1.82, 2.24) is 14.5 Å². The van der Waals surface area contributed by atoms with Crippen LogP contribution in [-0.2, 0) is 22.5 Å². The van der Waals surface area contributed by atoms with Crippen LogP contribution >= 0.6 is 11.3 Å². The van der Waals surface area contributed by atoms with Crippen molar-refractivity contribution >= 4 is 39.4 Å². The molecule has 4 aromatic rings. The molecular weight excluding hydrogens is 447 g/mol. The highest BCUT2D eigenvalue weighted by atomic mass is 32.1. The van der Waals surface area contributed by atoms with E-state index in [4.69, 9.17) is 4.74 Å². The number of benzene rings is 1. The summed E-state index contributed by atoms with van der Waals surface area (Å²) in [7, 11) is 0. The van der Waals surface area contributed by atoms with Crippen LogP contribution < -0.4 is 10.9 Å². The van der Waals surface area contributed by atoms with Crippen molar-refractivity contribution in [2.45, 2.75) is 19.9 Å². The minimum atomic E-state index is -0.662. The zero-order chi connectivity index (χ0) is 23.4. The lowest BCUT2D eigenvalue weighted by molar-refractivity contribution is -0.142. The van der Waals surface area contributed by atoms with Gasteiger partial charge in [0.1, 0.15) is 17.0 Å². The lowest BCUT2D eigenvalue weighted by Crippen LogP contribution is -2.30. The Morgan fingerprint density at radius 3 is 2.82 bits per heavy atom. The van der Waals surface area contributed by atoms with Crippen LogP contribution in [-0.4, -0.2) is 33.0 Å². The fourth-order valence-electron chi connectivity index (χ4n) is 3.28. The molecule has 1 aromatic carbocycles. The molecule has 0 saturated carbocycles. The Kier molecular flexibility index (Phi) is 6.55. The first-order valence-corrected chi connectivity index (χ1v) is 11.0. The van der Waals surface area contributed by atoms with Gasteiger partial charge in [-0.15, -0.1) is 11.3 Å². The minimum Gasteiger partial charge on any atom is -0.466 e. The number of esters is 1. The number of anilines is 1. The van der Waals surface area contributed by atoms with Crippen LogP contribution in [0.15, 0.2) is 58.8 Å². The van der Waals surface area contributed by atoms with Crippen LogP contribution in [0.1, 0.15) is 28.5 Å². The second-order valence-electron chi connectivity index (χ2n) is 7.04. The lowest BCUT2D eigenvalue weighted by atomic mass is 10.1. The van der Waals surface area contributed by atoms with Crippen molar-refractivity contribution in [2.24, 2.45) is 0 Å². The van der Waals surface area contributed by atoms with Crippen LogP contribution in [0, 0.1) is 5.82 Å². The molecular formula is C23H19FN4O4S. The molecule has 0 bridgehead atoms. The number of carbonyl (C=O) groups is 2. The molecule has 3 heterocycles. The van der Waals surface area contributed by atoms with Crippen LogP contribution in [0.25, 0.3) is 11.0 Å². The van der Waals surface area contributed by atoms with E-state index in [0.29, 0.717) is 22.3 Å². The van der Waals surface area contributed by atoms with Crippen molar-refractivity contribution in [2.75, 3.05) is 11.9 Å². The normalized spacial score (nSPS) is 10.8. The van der Waals surface area contributed by atoms with E-state index in [2.05, 4.69) is 15.3 Å². The molecule has 0 atom stereocenters. The number of nitrogens with one attached hydrogen (secondary N) is 1. The Hall–Kier alpha value is -3.92. The van der Waals surface area contributed by atoms with Gasteiger partial charge >= 0.3 is 5.97 Å². The summed E-state index contributed by atoms with van der Waals surface area (Å²) in [5.74, 6) is -1.54. The van der Waals surface area contributed by atoms with Crippen molar-refractivity contribution < 1.29 is 18.7 Å². The van der Waals surface area contributed by atoms with Gasteiger partial charge in [0.15, 0.2) is 5.13 Å². The van der Waals surface area contributed by atoms with Crippen LogP contribution in [0.2, 0.25) is 0 Å². The number of carbonyl (C=O) groups excluding carboxylic acids is 2. The maximum Gasteiger partial charge on any atom is 0.311 e. The summed E-state index contributed by atoms with van der Waals surface area (Å²) in [5, 5.41) is 5.03. The van der Waals surface area contributed by atoms with Gasteiger partial charge in [-0.05, 0) is 31.2 Å². The second-order valence-corrected chi connectivity index (χ2v) is 7.89. The fraction of sp³-hybridized carbons (Fsp3) is 0.174. The van der Waals surface area contributed by atoms with Gasteiger partial charge in [0.2, 0.25) is 0 Å². The maximum absolute atomic E-state index is 14.2. The molecule has 1 amide bonds. The van der Waals surface area contributed by atoms with Gasteiger partial charge in [0, 0.05) is 22.5 Å². The molecule has 0 radical (unpaired) electrons. The summed E-state index contributed by atoms with van der Waals surface area (Å²) < 4.78 is 20.4. The van der Waals surface area contributed by atoms with E-state index in [1.54, 1.807) is 42.6 Å². The van der Waals surface area contributed by atoms with E-state index in [9.17, 15) is 18.8 Å². The largest absolute Gasteiger partial charge is 0.466 e. The topological polar surface area (TPSA) is 103 Å². The lowest BCUT2D eigenvalue weighted by Gasteiger charge is -2.12. The number of hydrogen-bond acceptors (Lipinski definition) is 7. The number of aromatic nitrogens is 3. The summed E-state index contributed by atoms with van der Waals surface area (Å²) in [5.41, 5.74) is 0.355. The summed E-state index contributed by atoms with van der Waals surface area (Å²) in [6, 6.07) is 11.0. The molecule has 33 heavy (non-hydrogen) atoms. The van der Waals surface area contributed by atoms with E-state index in [0.717, 1.165) is 11.3 Å². The molecule has 3 aromatic heterocycles. The monoisotopic (exact) mass is 466 g/mol. The van der Waals surface area contributed by atoms with Gasteiger partial charge in [0.05, 0.1) is 25.3 Å². The highest BCUT2D eigenvalue weighted by Crippen LogP contribution is 2.19. The Morgan fingerprint density at radius 1 is 1.21 bits per heavy atom. The summed E-state index contributed by atoms with van der Waals surface area (Å²) >= 11 is 1.13. The molecule has 0 fully saturated rings. The molecule has 0 aliphatic carbocycles. The number of ether oxygens (including phenoxy) is 1. The molecule has 1 N–H and O–H groups in total. The van der Waals surface area contributed by atoms with E-state index < -0.39 is 23.3 Å². The molecule has 0 aliphatic rings. The summed E-state index contributed by atoms with van der Waals surface area (Å²) in [4.78, 5) is 46.2.